The van der Waals surface area contributed by atoms with Crippen LogP contribution in [0.15, 0.2) is 153 Å². The van der Waals surface area contributed by atoms with E-state index in [2.05, 4.69) is 261 Å². The summed E-state index contributed by atoms with van der Waals surface area (Å²) in [6, 6.07) is 35.7. The summed E-state index contributed by atoms with van der Waals surface area (Å²) in [4.78, 5) is 48.1. The van der Waals surface area contributed by atoms with Crippen LogP contribution < -0.4 is 39.2 Å². The summed E-state index contributed by atoms with van der Waals surface area (Å²) in [5, 5.41) is 0. The highest BCUT2D eigenvalue weighted by molar-refractivity contribution is 5.85. The minimum absolute atomic E-state index is 0. The number of benzene rings is 4. The first-order chi connectivity index (χ1) is 42.8. The number of anilines is 12. The summed E-state index contributed by atoms with van der Waals surface area (Å²) in [7, 11) is 8.32. The first-order valence-electron chi connectivity index (χ1n) is 32.5. The number of fused-ring (bicyclic) bond motifs is 4. The summed E-state index contributed by atoms with van der Waals surface area (Å²) in [6.45, 7) is 49.3. The molecule has 4 aromatic carbocycles. The van der Waals surface area contributed by atoms with Crippen LogP contribution in [0.4, 0.5) is 68.8 Å². The van der Waals surface area contributed by atoms with E-state index in [1.54, 1.807) is 25.0 Å². The summed E-state index contributed by atoms with van der Waals surface area (Å²) in [5.41, 5.74) is 14.5. The van der Waals surface area contributed by atoms with Crippen molar-refractivity contribution in [2.45, 2.75) is 228 Å². The van der Waals surface area contributed by atoms with Gasteiger partial charge in [-0.3, -0.25) is 4.98 Å². The van der Waals surface area contributed by atoms with Crippen molar-refractivity contribution >= 4 is 68.8 Å². The van der Waals surface area contributed by atoms with Crippen LogP contribution >= 0.6 is 0 Å². The molecule has 0 unspecified atom stereocenters. The molecule has 4 aromatic heterocycles. The molecule has 0 spiro atoms. The maximum Gasteiger partial charge on any atom is 0.178 e. The smallest absolute Gasteiger partial charge is 0.178 e. The van der Waals surface area contributed by atoms with Gasteiger partial charge in [0, 0.05) is 69.5 Å². The van der Waals surface area contributed by atoms with Crippen LogP contribution in [0.2, 0.25) is 0 Å². The molecule has 0 aliphatic carbocycles. The van der Waals surface area contributed by atoms with Crippen molar-refractivity contribution in [3.8, 4) is 0 Å². The molecule has 0 bridgehead atoms. The van der Waals surface area contributed by atoms with Gasteiger partial charge in [0.05, 0.1) is 30.0 Å². The number of pyridine rings is 1. The Morgan fingerprint density at radius 1 is 0.258 bits per heavy atom. The Bertz CT molecular complexity index is 2750. The normalized spacial score (nSPS) is 14.5. The fraction of sp³-hybridized carbons (Fsp3) is 0.474. The van der Waals surface area contributed by atoms with Crippen LogP contribution in [0.1, 0.15) is 198 Å². The molecule has 4 aliphatic heterocycles. The molecule has 15 heteroatoms. The van der Waals surface area contributed by atoms with Crippen LogP contribution in [0.5, 0.6) is 0 Å². The quantitative estimate of drug-likeness (QED) is 0.166. The highest BCUT2D eigenvalue weighted by Gasteiger charge is 2.37. The third kappa shape index (κ3) is 21.9. The monoisotopic (exact) mass is 1280 g/mol. The lowest BCUT2D eigenvalue weighted by Crippen LogP contribution is -2.36. The SMILES string of the molecule is C.C.C.C.C.CC.CC.CC.CC.CC.CC.CC.CC.Cc1ccccc1N1c2cnccc2N(C)[C@@H]1C.Cc1ccccc1N1c2cncnc2N(C)[C@@H]1C.Cc1ccccc1N1c2nccnc2N(C)[C@@H]1C.Cc1ccccc1N1c2ncncc2N(C)[C@@H]1C. The molecule has 93 heavy (non-hydrogen) atoms. The summed E-state index contributed by atoms with van der Waals surface area (Å²) >= 11 is 0. The first kappa shape index (κ1) is 93.4. The number of para-hydroxylation sites is 4. The van der Waals surface area contributed by atoms with Crippen molar-refractivity contribution in [2.75, 3.05) is 67.4 Å². The van der Waals surface area contributed by atoms with E-state index in [0.29, 0.717) is 6.17 Å². The number of nitrogens with zero attached hydrogens (tertiary/aromatic N) is 15. The van der Waals surface area contributed by atoms with E-state index in [-0.39, 0.29) is 55.6 Å². The Morgan fingerprint density at radius 2 is 0.548 bits per heavy atom. The minimum atomic E-state index is 0. The molecule has 8 heterocycles. The second kappa shape index (κ2) is 49.3. The molecule has 0 fully saturated rings. The third-order valence-corrected chi connectivity index (χ3v) is 14.4. The van der Waals surface area contributed by atoms with Gasteiger partial charge in [-0.2, -0.15) is 0 Å². The second-order valence-electron chi connectivity index (χ2n) is 18.6. The maximum absolute atomic E-state index is 4.48. The molecule has 4 aliphatic rings. The summed E-state index contributed by atoms with van der Waals surface area (Å²) in [6.07, 6.45) is 15.3. The molecular formula is C78H133N15. The van der Waals surface area contributed by atoms with Gasteiger partial charge in [-0.1, -0.05) is 221 Å². The van der Waals surface area contributed by atoms with Crippen molar-refractivity contribution in [1.82, 2.24) is 34.9 Å². The lowest BCUT2D eigenvalue weighted by Gasteiger charge is -2.28. The molecule has 15 nitrogen and oxygen atoms in total. The lowest BCUT2D eigenvalue weighted by atomic mass is 10.1. The first-order valence-corrected chi connectivity index (χ1v) is 32.5. The van der Waals surface area contributed by atoms with Crippen molar-refractivity contribution in [3.05, 3.63) is 175 Å². The Balaban J connectivity index is -0.000000339. The molecule has 520 valence electrons. The molecule has 0 radical (unpaired) electrons. The average Bonchev–Trinajstić information content (AvgIpc) is 1.67. The Kier molecular flexibility index (Phi) is 49.5. The second-order valence-corrected chi connectivity index (χ2v) is 18.6. The van der Waals surface area contributed by atoms with E-state index >= 15 is 0 Å². The highest BCUT2D eigenvalue weighted by Crippen LogP contribution is 2.46. The number of aromatic nitrogens is 7. The zero-order valence-corrected chi connectivity index (χ0v) is 59.5. The fourth-order valence-electron chi connectivity index (χ4n) is 9.95. The van der Waals surface area contributed by atoms with E-state index in [0.717, 1.165) is 34.6 Å². The van der Waals surface area contributed by atoms with Crippen molar-refractivity contribution in [2.24, 2.45) is 0 Å². The van der Waals surface area contributed by atoms with Crippen LogP contribution in [-0.2, 0) is 0 Å². The zero-order chi connectivity index (χ0) is 66.8. The summed E-state index contributed by atoms with van der Waals surface area (Å²) in [5.74, 6) is 3.84. The van der Waals surface area contributed by atoms with Crippen molar-refractivity contribution in [1.29, 1.82) is 0 Å². The average molecular weight is 1280 g/mol. The predicted molar refractivity (Wildman–Crippen MR) is 420 cm³/mol. The number of hydrogen-bond acceptors (Lipinski definition) is 15. The van der Waals surface area contributed by atoms with E-state index < -0.39 is 0 Å². The van der Waals surface area contributed by atoms with Crippen LogP contribution in [-0.4, -0.2) is 87.7 Å². The number of aryl methyl sites for hydroxylation is 4. The van der Waals surface area contributed by atoms with Crippen LogP contribution in [0, 0.1) is 27.7 Å². The summed E-state index contributed by atoms with van der Waals surface area (Å²) < 4.78 is 0. The topological polar surface area (TPSA) is 116 Å². The molecule has 0 amide bonds. The van der Waals surface area contributed by atoms with Gasteiger partial charge in [0.25, 0.3) is 0 Å². The largest absolute Gasteiger partial charge is 0.352 e. The predicted octanol–water partition coefficient (Wildman–Crippen LogP) is 22.9. The van der Waals surface area contributed by atoms with E-state index in [1.165, 1.54) is 56.4 Å². The molecule has 0 saturated carbocycles. The molecule has 0 N–H and O–H groups in total. The lowest BCUT2D eigenvalue weighted by molar-refractivity contribution is 0.726. The highest BCUT2D eigenvalue weighted by atomic mass is 15.5. The Morgan fingerprint density at radius 3 is 0.968 bits per heavy atom. The van der Waals surface area contributed by atoms with Crippen molar-refractivity contribution < 1.29 is 0 Å². The Labute approximate surface area is 571 Å². The number of rotatable bonds is 4. The van der Waals surface area contributed by atoms with E-state index in [4.69, 9.17) is 0 Å². The van der Waals surface area contributed by atoms with Gasteiger partial charge in [-0.15, -0.1) is 0 Å². The minimum Gasteiger partial charge on any atom is -0.352 e. The Hall–Kier alpha value is -8.33. The van der Waals surface area contributed by atoms with Gasteiger partial charge in [-0.05, 0) is 108 Å². The van der Waals surface area contributed by atoms with Crippen molar-refractivity contribution in [3.63, 3.8) is 0 Å². The number of hydrogen-bond donors (Lipinski definition) is 0. The van der Waals surface area contributed by atoms with Gasteiger partial charge >= 0.3 is 0 Å². The van der Waals surface area contributed by atoms with Gasteiger partial charge in [0.2, 0.25) is 0 Å². The van der Waals surface area contributed by atoms with Gasteiger partial charge in [0.1, 0.15) is 48.7 Å². The molecular weight excluding hydrogens is 1150 g/mol. The molecule has 0 saturated heterocycles. The van der Waals surface area contributed by atoms with Crippen LogP contribution in [0.3, 0.4) is 0 Å². The standard InChI is InChI=1S/C15H17N3.3C14H16N4.8C2H6.5CH4/c1-11-6-4-5-7-13(11)18-12(2)17(3)14-8-9-16-10-15(14)18;1-10-6-4-5-7-12(10)18-11(2)17(3)14-13(18)8-15-9-16-14;1-10-6-4-5-7-12(10)18-11(2)17(3)13-8-15-9-16-14(13)18;1-10-6-4-5-7-12(10)18-11(2)17(3)13-14(18)16-9-8-15-13;8*1-2;;;;;/h4-10,12H,1-3H3;3*4-9,11H,1-3H3;8*1-2H3;5*1H4/t12-;3*11-;;;;;;;;;;;;;/m0000............./s1. The van der Waals surface area contributed by atoms with Crippen LogP contribution in [0.25, 0.3) is 0 Å². The fourth-order valence-corrected chi connectivity index (χ4v) is 9.95. The molecule has 8 aromatic rings. The van der Waals surface area contributed by atoms with E-state index in [9.17, 15) is 0 Å². The third-order valence-electron chi connectivity index (χ3n) is 14.4. The van der Waals surface area contributed by atoms with Gasteiger partial charge in [0.15, 0.2) is 23.3 Å². The van der Waals surface area contributed by atoms with E-state index in [1.807, 2.05) is 136 Å². The zero-order valence-electron chi connectivity index (χ0n) is 59.5. The molecule has 4 atom stereocenters. The van der Waals surface area contributed by atoms with Gasteiger partial charge < -0.3 is 39.2 Å². The molecule has 12 rings (SSSR count). The van der Waals surface area contributed by atoms with Gasteiger partial charge in [-0.25, -0.2) is 29.9 Å². The maximum atomic E-state index is 4.48.